The number of hydrogen-bond donors (Lipinski definition) is 0. The van der Waals surface area contributed by atoms with E-state index in [4.69, 9.17) is 0 Å². The molecule has 14 heavy (non-hydrogen) atoms. The lowest BCUT2D eigenvalue weighted by Crippen LogP contribution is -2.23. The van der Waals surface area contributed by atoms with Gasteiger partial charge in [-0.25, -0.2) is 0 Å². The summed E-state index contributed by atoms with van der Waals surface area (Å²) in [6.07, 6.45) is 5.87. The van der Waals surface area contributed by atoms with Gasteiger partial charge in [0.1, 0.15) is 6.20 Å². The molecular formula is C11H18N3. The highest BCUT2D eigenvalue weighted by atomic mass is 15.1. The summed E-state index contributed by atoms with van der Waals surface area (Å²) >= 11 is 0. The molecule has 1 aromatic rings. The van der Waals surface area contributed by atoms with Gasteiger partial charge in [-0.05, 0) is 39.2 Å². The zero-order chi connectivity index (χ0) is 10.4. The van der Waals surface area contributed by atoms with E-state index in [0.29, 0.717) is 0 Å². The van der Waals surface area contributed by atoms with Gasteiger partial charge in [0.25, 0.3) is 0 Å². The minimum absolute atomic E-state index is 1.04. The molecule has 0 saturated heterocycles. The van der Waals surface area contributed by atoms with Crippen LogP contribution in [0.1, 0.15) is 6.42 Å². The van der Waals surface area contributed by atoms with Crippen LogP contribution < -0.4 is 4.90 Å². The van der Waals surface area contributed by atoms with E-state index in [1.807, 2.05) is 12.1 Å². The molecule has 0 atom stereocenters. The van der Waals surface area contributed by atoms with Gasteiger partial charge in [0.05, 0.1) is 5.69 Å². The summed E-state index contributed by atoms with van der Waals surface area (Å²) in [5.74, 6) is 0. The van der Waals surface area contributed by atoms with Crippen LogP contribution in [0.15, 0.2) is 18.3 Å². The van der Waals surface area contributed by atoms with Crippen molar-refractivity contribution in [1.29, 1.82) is 0 Å². The molecule has 0 unspecified atom stereocenters. The number of anilines is 1. The molecular weight excluding hydrogens is 174 g/mol. The van der Waals surface area contributed by atoms with Crippen molar-refractivity contribution in [3.63, 3.8) is 0 Å². The van der Waals surface area contributed by atoms with Crippen LogP contribution in [0.25, 0.3) is 0 Å². The van der Waals surface area contributed by atoms with E-state index in [1.165, 1.54) is 0 Å². The first-order valence-corrected chi connectivity index (χ1v) is 4.88. The minimum atomic E-state index is 1.04. The van der Waals surface area contributed by atoms with Gasteiger partial charge in [-0.1, -0.05) is 0 Å². The van der Waals surface area contributed by atoms with Crippen LogP contribution in [0.5, 0.6) is 0 Å². The van der Waals surface area contributed by atoms with E-state index in [1.54, 1.807) is 6.20 Å². The quantitative estimate of drug-likeness (QED) is 0.700. The lowest BCUT2D eigenvalue weighted by atomic mass is 10.3. The summed E-state index contributed by atoms with van der Waals surface area (Å²) in [7, 11) is 6.26. The molecule has 0 amide bonds. The molecule has 0 spiro atoms. The fourth-order valence-corrected chi connectivity index (χ4v) is 1.28. The maximum Gasteiger partial charge on any atom is 0.114 e. The van der Waals surface area contributed by atoms with E-state index in [9.17, 15) is 0 Å². The summed E-state index contributed by atoms with van der Waals surface area (Å²) in [4.78, 5) is 8.34. The zero-order valence-corrected chi connectivity index (χ0v) is 9.20. The van der Waals surface area contributed by atoms with Gasteiger partial charge in [-0.15, -0.1) is 0 Å². The Morgan fingerprint density at radius 2 is 2.07 bits per heavy atom. The fraction of sp³-hybridized carbons (Fsp3) is 0.545. The predicted molar refractivity (Wildman–Crippen MR) is 59.5 cm³/mol. The molecule has 0 aliphatic heterocycles. The standard InChI is InChI=1S/C11H18N3/c1-13(2)8-5-9-14(3)11-6-4-7-12-10-11/h4,6-7H,5,8-9H2,1-3H3. The Balaban J connectivity index is 2.32. The van der Waals surface area contributed by atoms with Crippen LogP contribution >= 0.6 is 0 Å². The molecule has 0 aliphatic rings. The van der Waals surface area contributed by atoms with E-state index < -0.39 is 0 Å². The monoisotopic (exact) mass is 192 g/mol. The highest BCUT2D eigenvalue weighted by Crippen LogP contribution is 2.08. The van der Waals surface area contributed by atoms with Crippen molar-refractivity contribution >= 4 is 5.69 Å². The molecule has 0 fully saturated rings. The van der Waals surface area contributed by atoms with Gasteiger partial charge in [0.2, 0.25) is 0 Å². The Bertz CT molecular complexity index is 246. The van der Waals surface area contributed by atoms with E-state index in [-0.39, 0.29) is 0 Å². The molecule has 1 heterocycles. The summed E-state index contributed by atoms with van der Waals surface area (Å²) in [6, 6.07) is 3.97. The van der Waals surface area contributed by atoms with Crippen LogP contribution in [0, 0.1) is 6.20 Å². The van der Waals surface area contributed by atoms with Crippen molar-refractivity contribution in [1.82, 2.24) is 9.88 Å². The second-order valence-corrected chi connectivity index (χ2v) is 3.71. The van der Waals surface area contributed by atoms with Gasteiger partial charge in [0, 0.05) is 19.8 Å². The summed E-state index contributed by atoms with van der Waals surface area (Å²) in [5.41, 5.74) is 1.06. The molecule has 0 bridgehead atoms. The summed E-state index contributed by atoms with van der Waals surface area (Å²) < 4.78 is 0. The molecule has 1 rings (SSSR count). The Morgan fingerprint density at radius 3 is 2.64 bits per heavy atom. The van der Waals surface area contributed by atoms with Gasteiger partial charge in [-0.3, -0.25) is 4.98 Å². The topological polar surface area (TPSA) is 19.4 Å². The summed E-state index contributed by atoms with van der Waals surface area (Å²) in [5, 5.41) is 0. The highest BCUT2D eigenvalue weighted by Gasteiger charge is 2.00. The number of pyridine rings is 1. The molecule has 0 N–H and O–H groups in total. The van der Waals surface area contributed by atoms with Crippen LogP contribution in [-0.2, 0) is 0 Å². The molecule has 3 nitrogen and oxygen atoms in total. The third-order valence-electron chi connectivity index (χ3n) is 2.10. The Hall–Kier alpha value is -1.09. The van der Waals surface area contributed by atoms with Gasteiger partial charge < -0.3 is 9.80 Å². The van der Waals surface area contributed by atoms with E-state index >= 15 is 0 Å². The maximum absolute atomic E-state index is 3.97. The van der Waals surface area contributed by atoms with Crippen LogP contribution in [0.4, 0.5) is 5.69 Å². The minimum Gasteiger partial charge on any atom is -0.373 e. The Labute approximate surface area is 86.4 Å². The number of aromatic nitrogens is 1. The second-order valence-electron chi connectivity index (χ2n) is 3.71. The number of hydrogen-bond acceptors (Lipinski definition) is 3. The normalized spacial score (nSPS) is 10.6. The number of rotatable bonds is 5. The van der Waals surface area contributed by atoms with Crippen molar-refractivity contribution in [3.8, 4) is 0 Å². The largest absolute Gasteiger partial charge is 0.373 e. The maximum atomic E-state index is 3.97. The smallest absolute Gasteiger partial charge is 0.114 e. The fourth-order valence-electron chi connectivity index (χ4n) is 1.28. The highest BCUT2D eigenvalue weighted by molar-refractivity contribution is 5.41. The lowest BCUT2D eigenvalue weighted by Gasteiger charge is -2.19. The Morgan fingerprint density at radius 1 is 1.29 bits per heavy atom. The van der Waals surface area contributed by atoms with E-state index in [0.717, 1.165) is 25.2 Å². The molecule has 1 radical (unpaired) electrons. The second kappa shape index (κ2) is 5.60. The number of nitrogens with zero attached hydrogens (tertiary/aromatic N) is 3. The van der Waals surface area contributed by atoms with Crippen LogP contribution in [-0.4, -0.2) is 44.1 Å². The average molecular weight is 192 g/mol. The van der Waals surface area contributed by atoms with Crippen molar-refractivity contribution in [2.24, 2.45) is 0 Å². The first-order valence-electron chi connectivity index (χ1n) is 4.88. The van der Waals surface area contributed by atoms with Crippen molar-refractivity contribution < 1.29 is 0 Å². The van der Waals surface area contributed by atoms with Crippen LogP contribution in [0.2, 0.25) is 0 Å². The average Bonchev–Trinajstić information content (AvgIpc) is 2.18. The molecule has 3 heteroatoms. The van der Waals surface area contributed by atoms with E-state index in [2.05, 4.69) is 42.1 Å². The third kappa shape index (κ3) is 3.75. The summed E-state index contributed by atoms with van der Waals surface area (Å²) in [6.45, 7) is 2.16. The van der Waals surface area contributed by atoms with Crippen molar-refractivity contribution in [2.45, 2.75) is 6.42 Å². The van der Waals surface area contributed by atoms with Gasteiger partial charge in [0.15, 0.2) is 0 Å². The van der Waals surface area contributed by atoms with Gasteiger partial charge in [-0.2, -0.15) is 0 Å². The molecule has 0 saturated carbocycles. The molecule has 77 valence electrons. The SMILES string of the molecule is CN(C)CCCN(C)c1[c]nccc1. The van der Waals surface area contributed by atoms with Crippen LogP contribution in [0.3, 0.4) is 0 Å². The van der Waals surface area contributed by atoms with Gasteiger partial charge >= 0.3 is 0 Å². The molecule has 0 aliphatic carbocycles. The first kappa shape index (κ1) is 11.0. The lowest BCUT2D eigenvalue weighted by molar-refractivity contribution is 0.401. The molecule has 1 aromatic heterocycles. The van der Waals surface area contributed by atoms with Crippen molar-refractivity contribution in [2.75, 3.05) is 39.1 Å². The third-order valence-corrected chi connectivity index (χ3v) is 2.10. The molecule has 0 aromatic carbocycles. The predicted octanol–water partition coefficient (Wildman–Crippen LogP) is 1.27. The van der Waals surface area contributed by atoms with Crippen molar-refractivity contribution in [3.05, 3.63) is 24.5 Å². The Kier molecular flexibility index (Phi) is 4.40. The first-order chi connectivity index (χ1) is 6.70. The zero-order valence-electron chi connectivity index (χ0n) is 9.20.